The van der Waals surface area contributed by atoms with Gasteiger partial charge in [0.1, 0.15) is 5.60 Å². The molecule has 1 amide bonds. The van der Waals surface area contributed by atoms with Crippen molar-refractivity contribution in [3.8, 4) is 5.88 Å². The molecule has 2 rings (SSSR count). The van der Waals surface area contributed by atoms with Crippen LogP contribution in [0.25, 0.3) is 0 Å². The zero-order chi connectivity index (χ0) is 15.5. The van der Waals surface area contributed by atoms with Crippen molar-refractivity contribution < 1.29 is 14.3 Å². The first-order valence-electron chi connectivity index (χ1n) is 7.37. The summed E-state index contributed by atoms with van der Waals surface area (Å²) in [5.74, 6) is 1.07. The Bertz CT molecular complexity index is 489. The van der Waals surface area contributed by atoms with E-state index in [9.17, 15) is 4.79 Å². The monoisotopic (exact) mass is 292 g/mol. The van der Waals surface area contributed by atoms with Crippen molar-refractivity contribution in [3.63, 3.8) is 0 Å². The molecule has 1 aliphatic heterocycles. The first-order chi connectivity index (χ1) is 9.90. The lowest BCUT2D eigenvalue weighted by molar-refractivity contribution is 0.0204. The molecule has 0 radical (unpaired) electrons. The largest absolute Gasteiger partial charge is 0.481 e. The number of pyridine rings is 1. The molecule has 0 saturated carbocycles. The maximum absolute atomic E-state index is 12.0. The number of aromatic nitrogens is 1. The van der Waals surface area contributed by atoms with Gasteiger partial charge in [-0.3, -0.25) is 0 Å². The van der Waals surface area contributed by atoms with E-state index in [1.807, 2.05) is 26.8 Å². The SMILES string of the molecule is COc1ncccc1C1CCN(C(=O)OC(C)(C)C)CC1. The average Bonchev–Trinajstić information content (AvgIpc) is 2.45. The second-order valence-corrected chi connectivity index (χ2v) is 6.34. The van der Waals surface area contributed by atoms with E-state index < -0.39 is 5.60 Å². The van der Waals surface area contributed by atoms with Crippen molar-refractivity contribution in [2.75, 3.05) is 20.2 Å². The highest BCUT2D eigenvalue weighted by Gasteiger charge is 2.28. The van der Waals surface area contributed by atoms with E-state index >= 15 is 0 Å². The quantitative estimate of drug-likeness (QED) is 0.840. The minimum atomic E-state index is -0.444. The molecule has 0 aromatic carbocycles. The van der Waals surface area contributed by atoms with Crippen molar-refractivity contribution >= 4 is 6.09 Å². The third-order valence-corrected chi connectivity index (χ3v) is 3.58. The maximum atomic E-state index is 12.0. The molecule has 21 heavy (non-hydrogen) atoms. The van der Waals surface area contributed by atoms with Crippen molar-refractivity contribution in [3.05, 3.63) is 23.9 Å². The molecule has 0 spiro atoms. The molecule has 1 saturated heterocycles. The summed E-state index contributed by atoms with van der Waals surface area (Å²) in [6.45, 7) is 7.07. The van der Waals surface area contributed by atoms with Crippen LogP contribution in [-0.4, -0.2) is 41.8 Å². The summed E-state index contributed by atoms with van der Waals surface area (Å²) in [6, 6.07) is 3.98. The Morgan fingerprint density at radius 2 is 2.00 bits per heavy atom. The van der Waals surface area contributed by atoms with Crippen LogP contribution in [0.4, 0.5) is 4.79 Å². The molecule has 5 heteroatoms. The van der Waals surface area contributed by atoms with Crippen molar-refractivity contribution in [1.29, 1.82) is 0 Å². The summed E-state index contributed by atoms with van der Waals surface area (Å²) in [7, 11) is 1.64. The fourth-order valence-corrected chi connectivity index (χ4v) is 2.58. The molecule has 1 fully saturated rings. The first-order valence-corrected chi connectivity index (χ1v) is 7.37. The second-order valence-electron chi connectivity index (χ2n) is 6.34. The molecule has 2 heterocycles. The number of amides is 1. The van der Waals surface area contributed by atoms with Crippen LogP contribution in [0.1, 0.15) is 45.1 Å². The lowest BCUT2D eigenvalue weighted by Gasteiger charge is -2.33. The highest BCUT2D eigenvalue weighted by atomic mass is 16.6. The van der Waals surface area contributed by atoms with Crippen LogP contribution in [0.2, 0.25) is 0 Å². The Kier molecular flexibility index (Phi) is 4.70. The molecule has 1 aromatic heterocycles. The summed E-state index contributed by atoms with van der Waals surface area (Å²) < 4.78 is 10.7. The van der Waals surface area contributed by atoms with E-state index in [4.69, 9.17) is 9.47 Å². The molecule has 1 aliphatic rings. The fraction of sp³-hybridized carbons (Fsp3) is 0.625. The van der Waals surface area contributed by atoms with Crippen molar-refractivity contribution in [1.82, 2.24) is 9.88 Å². The van der Waals surface area contributed by atoms with Crippen LogP contribution >= 0.6 is 0 Å². The van der Waals surface area contributed by atoms with Crippen LogP contribution in [0, 0.1) is 0 Å². The van der Waals surface area contributed by atoms with E-state index in [-0.39, 0.29) is 6.09 Å². The molecule has 0 unspecified atom stereocenters. The number of nitrogens with zero attached hydrogens (tertiary/aromatic N) is 2. The number of carbonyl (C=O) groups excluding carboxylic acids is 1. The van der Waals surface area contributed by atoms with Gasteiger partial charge in [-0.1, -0.05) is 6.07 Å². The summed E-state index contributed by atoms with van der Waals surface area (Å²) in [5.41, 5.74) is 0.685. The minimum Gasteiger partial charge on any atom is -0.481 e. The second kappa shape index (κ2) is 6.33. The van der Waals surface area contributed by atoms with Gasteiger partial charge in [-0.2, -0.15) is 0 Å². The number of likely N-dealkylation sites (tertiary alicyclic amines) is 1. The number of methoxy groups -OCH3 is 1. The van der Waals surface area contributed by atoms with Gasteiger partial charge in [-0.25, -0.2) is 9.78 Å². The van der Waals surface area contributed by atoms with E-state index in [2.05, 4.69) is 11.1 Å². The van der Waals surface area contributed by atoms with Gasteiger partial charge in [0.05, 0.1) is 7.11 Å². The van der Waals surface area contributed by atoms with E-state index in [1.165, 1.54) is 0 Å². The molecule has 1 aromatic rings. The number of hydrogen-bond acceptors (Lipinski definition) is 4. The molecule has 116 valence electrons. The van der Waals surface area contributed by atoms with Crippen molar-refractivity contribution in [2.24, 2.45) is 0 Å². The molecule has 0 bridgehead atoms. The summed E-state index contributed by atoms with van der Waals surface area (Å²) in [4.78, 5) is 18.1. The van der Waals surface area contributed by atoms with Gasteiger partial charge in [0, 0.05) is 24.8 Å². The molecular formula is C16H24N2O3. The minimum absolute atomic E-state index is 0.223. The lowest BCUT2D eigenvalue weighted by Crippen LogP contribution is -2.41. The number of rotatable bonds is 2. The summed E-state index contributed by atoms with van der Waals surface area (Å²) >= 11 is 0. The standard InChI is InChI=1S/C16H24N2O3/c1-16(2,3)21-15(19)18-10-7-12(8-11-18)13-6-5-9-17-14(13)20-4/h5-6,9,12H,7-8,10-11H2,1-4H3. The molecule has 0 aliphatic carbocycles. The summed E-state index contributed by atoms with van der Waals surface area (Å²) in [6.07, 6.45) is 3.32. The topological polar surface area (TPSA) is 51.7 Å². The zero-order valence-electron chi connectivity index (χ0n) is 13.3. The van der Waals surface area contributed by atoms with Gasteiger partial charge in [-0.15, -0.1) is 0 Å². The third-order valence-electron chi connectivity index (χ3n) is 3.58. The van der Waals surface area contributed by atoms with E-state index in [0.29, 0.717) is 24.9 Å². The number of ether oxygens (including phenoxy) is 2. The number of carbonyl (C=O) groups is 1. The molecular weight excluding hydrogens is 268 g/mol. The van der Waals surface area contributed by atoms with Gasteiger partial charge in [-0.05, 0) is 45.6 Å². The highest BCUT2D eigenvalue weighted by molar-refractivity contribution is 5.68. The third kappa shape index (κ3) is 4.09. The Morgan fingerprint density at radius 3 is 2.57 bits per heavy atom. The number of hydrogen-bond donors (Lipinski definition) is 0. The highest BCUT2D eigenvalue weighted by Crippen LogP contribution is 2.33. The smallest absolute Gasteiger partial charge is 0.410 e. The van der Waals surface area contributed by atoms with Crippen molar-refractivity contribution in [2.45, 2.75) is 45.1 Å². The van der Waals surface area contributed by atoms with Crippen LogP contribution in [0.5, 0.6) is 5.88 Å². The van der Waals surface area contributed by atoms with Gasteiger partial charge in [0.15, 0.2) is 0 Å². The molecule has 0 atom stereocenters. The summed E-state index contributed by atoms with van der Waals surface area (Å²) in [5, 5.41) is 0. The first kappa shape index (κ1) is 15.6. The van der Waals surface area contributed by atoms with Gasteiger partial charge in [0.25, 0.3) is 0 Å². The average molecular weight is 292 g/mol. The van der Waals surface area contributed by atoms with Gasteiger partial charge in [0.2, 0.25) is 5.88 Å². The number of piperidine rings is 1. The Hall–Kier alpha value is -1.78. The van der Waals surface area contributed by atoms with Crippen LogP contribution in [-0.2, 0) is 4.74 Å². The van der Waals surface area contributed by atoms with Crippen LogP contribution in [0.15, 0.2) is 18.3 Å². The van der Waals surface area contributed by atoms with Crippen LogP contribution in [0.3, 0.4) is 0 Å². The Morgan fingerprint density at radius 1 is 1.33 bits per heavy atom. The predicted molar refractivity (Wildman–Crippen MR) is 80.6 cm³/mol. The van der Waals surface area contributed by atoms with E-state index in [1.54, 1.807) is 18.2 Å². The Balaban J connectivity index is 1.96. The normalized spacial score (nSPS) is 16.7. The molecule has 5 nitrogen and oxygen atoms in total. The fourth-order valence-electron chi connectivity index (χ4n) is 2.58. The van der Waals surface area contributed by atoms with E-state index in [0.717, 1.165) is 18.4 Å². The molecule has 0 N–H and O–H groups in total. The van der Waals surface area contributed by atoms with Crippen LogP contribution < -0.4 is 4.74 Å². The maximum Gasteiger partial charge on any atom is 0.410 e. The zero-order valence-corrected chi connectivity index (χ0v) is 13.3. The Labute approximate surface area is 126 Å². The lowest BCUT2D eigenvalue weighted by atomic mass is 9.90. The van der Waals surface area contributed by atoms with Gasteiger partial charge < -0.3 is 14.4 Å². The van der Waals surface area contributed by atoms with Gasteiger partial charge >= 0.3 is 6.09 Å². The predicted octanol–water partition coefficient (Wildman–Crippen LogP) is 3.20.